The van der Waals surface area contributed by atoms with Gasteiger partial charge in [0.1, 0.15) is 5.69 Å². The van der Waals surface area contributed by atoms with Gasteiger partial charge in [-0.3, -0.25) is 9.69 Å². The topological polar surface area (TPSA) is 53.8 Å². The van der Waals surface area contributed by atoms with Crippen LogP contribution in [-0.4, -0.2) is 82.8 Å². The summed E-state index contributed by atoms with van der Waals surface area (Å²) < 4.78 is 8.19. The molecule has 1 amide bonds. The van der Waals surface area contributed by atoms with Crippen LogP contribution in [0, 0.1) is 0 Å². The smallest absolute Gasteiger partial charge is 0.274 e. The number of benzene rings is 1. The highest BCUT2D eigenvalue weighted by Crippen LogP contribution is 2.37. The van der Waals surface area contributed by atoms with Gasteiger partial charge in [-0.05, 0) is 37.8 Å². The zero-order valence-electron chi connectivity index (χ0n) is 18.4. The molecular weight excluding hydrogens is 390 g/mol. The monoisotopic (exact) mass is 423 g/mol. The van der Waals surface area contributed by atoms with Crippen molar-refractivity contribution in [1.82, 2.24) is 19.4 Å². The predicted octanol–water partition coefficient (Wildman–Crippen LogP) is 2.40. The first kappa shape index (κ1) is 20.5. The highest BCUT2D eigenvalue weighted by Gasteiger charge is 2.43. The molecule has 166 valence electrons. The van der Waals surface area contributed by atoms with Crippen LogP contribution >= 0.6 is 0 Å². The molecule has 0 bridgehead atoms. The molecule has 7 heteroatoms. The largest absolute Gasteiger partial charge is 0.375 e. The molecule has 1 aromatic carbocycles. The van der Waals surface area contributed by atoms with Crippen molar-refractivity contribution < 1.29 is 9.53 Å². The molecule has 4 heterocycles. The fourth-order valence-electron chi connectivity index (χ4n) is 5.45. The minimum Gasteiger partial charge on any atom is -0.375 e. The zero-order valence-corrected chi connectivity index (χ0v) is 18.4. The molecule has 3 aliphatic heterocycles. The third-order valence-corrected chi connectivity index (χ3v) is 7.30. The van der Waals surface area contributed by atoms with Crippen LogP contribution in [0.2, 0.25) is 0 Å². The SMILES string of the molecule is Cn1cnc(C(=O)N2CCC3(CC2)CC(N2CCN(c4ccccc4)CC2)CCO3)c1. The number of para-hydroxylation sites is 1. The van der Waals surface area contributed by atoms with Crippen LogP contribution in [0.3, 0.4) is 0 Å². The van der Waals surface area contributed by atoms with Gasteiger partial charge in [0, 0.05) is 70.8 Å². The van der Waals surface area contributed by atoms with Crippen molar-refractivity contribution in [3.8, 4) is 0 Å². The minimum absolute atomic E-state index is 0.0415. The van der Waals surface area contributed by atoms with Gasteiger partial charge in [-0.2, -0.15) is 0 Å². The molecular formula is C24H33N5O2. The molecule has 1 aromatic heterocycles. The lowest BCUT2D eigenvalue weighted by Gasteiger charge is -2.49. The van der Waals surface area contributed by atoms with Gasteiger partial charge in [-0.1, -0.05) is 18.2 Å². The number of ether oxygens (including phenoxy) is 1. The van der Waals surface area contributed by atoms with Gasteiger partial charge in [-0.25, -0.2) is 4.98 Å². The van der Waals surface area contributed by atoms with E-state index >= 15 is 0 Å². The Morgan fingerprint density at radius 1 is 1.06 bits per heavy atom. The summed E-state index contributed by atoms with van der Waals surface area (Å²) >= 11 is 0. The van der Waals surface area contributed by atoms with Gasteiger partial charge in [0.25, 0.3) is 5.91 Å². The Hall–Kier alpha value is -2.38. The number of imidazole rings is 1. The molecule has 1 unspecified atom stereocenters. The number of carbonyl (C=O) groups is 1. The molecule has 3 saturated heterocycles. The third kappa shape index (κ3) is 4.34. The van der Waals surface area contributed by atoms with Gasteiger partial charge >= 0.3 is 0 Å². The molecule has 2 aromatic rings. The molecule has 1 spiro atoms. The van der Waals surface area contributed by atoms with Crippen molar-refractivity contribution in [1.29, 1.82) is 0 Å². The number of rotatable bonds is 3. The van der Waals surface area contributed by atoms with E-state index in [2.05, 4.69) is 45.1 Å². The van der Waals surface area contributed by atoms with E-state index in [1.54, 1.807) is 12.5 Å². The molecule has 31 heavy (non-hydrogen) atoms. The number of amides is 1. The Morgan fingerprint density at radius 3 is 2.48 bits per heavy atom. The summed E-state index contributed by atoms with van der Waals surface area (Å²) in [7, 11) is 1.89. The predicted molar refractivity (Wildman–Crippen MR) is 120 cm³/mol. The first-order chi connectivity index (χ1) is 15.1. The van der Waals surface area contributed by atoms with Crippen molar-refractivity contribution in [2.24, 2.45) is 7.05 Å². The summed E-state index contributed by atoms with van der Waals surface area (Å²) in [5.74, 6) is 0.0415. The van der Waals surface area contributed by atoms with Crippen molar-refractivity contribution in [3.63, 3.8) is 0 Å². The summed E-state index contributed by atoms with van der Waals surface area (Å²) in [4.78, 5) is 24.1. The maximum absolute atomic E-state index is 12.7. The second-order valence-electron chi connectivity index (χ2n) is 9.25. The maximum Gasteiger partial charge on any atom is 0.274 e. The summed E-state index contributed by atoms with van der Waals surface area (Å²) in [6.45, 7) is 6.73. The van der Waals surface area contributed by atoms with Crippen LogP contribution in [0.25, 0.3) is 0 Å². The van der Waals surface area contributed by atoms with Crippen molar-refractivity contribution in [2.75, 3.05) is 50.8 Å². The van der Waals surface area contributed by atoms with Gasteiger partial charge < -0.3 is 19.1 Å². The van der Waals surface area contributed by atoms with Gasteiger partial charge in [-0.15, -0.1) is 0 Å². The first-order valence-corrected chi connectivity index (χ1v) is 11.6. The Balaban J connectivity index is 1.15. The van der Waals surface area contributed by atoms with Crippen molar-refractivity contribution >= 4 is 11.6 Å². The lowest BCUT2D eigenvalue weighted by Crippen LogP contribution is -2.57. The fourth-order valence-corrected chi connectivity index (χ4v) is 5.45. The van der Waals surface area contributed by atoms with E-state index in [9.17, 15) is 4.79 Å². The fraction of sp³-hybridized carbons (Fsp3) is 0.583. The molecule has 0 radical (unpaired) electrons. The zero-order chi connectivity index (χ0) is 21.3. The number of anilines is 1. The van der Waals surface area contributed by atoms with E-state index in [1.165, 1.54) is 5.69 Å². The first-order valence-electron chi connectivity index (χ1n) is 11.6. The van der Waals surface area contributed by atoms with E-state index in [0.717, 1.165) is 71.6 Å². The number of piperazine rings is 1. The Kier molecular flexibility index (Phi) is 5.71. The van der Waals surface area contributed by atoms with Gasteiger partial charge in [0.05, 0.1) is 11.9 Å². The minimum atomic E-state index is -0.0691. The average Bonchev–Trinajstić information content (AvgIpc) is 3.26. The standard InChI is InChI=1S/C24H33N5O2/c1-26-18-22(25-19-26)23(30)29-10-8-24(9-11-29)17-21(7-16-31-24)28-14-12-27(13-15-28)20-5-3-2-4-6-20/h2-6,18-19,21H,7-17H2,1H3. The lowest BCUT2D eigenvalue weighted by molar-refractivity contribution is -0.130. The molecule has 7 nitrogen and oxygen atoms in total. The number of likely N-dealkylation sites (tertiary alicyclic amines) is 1. The summed E-state index contributed by atoms with van der Waals surface area (Å²) in [5, 5.41) is 0. The highest BCUT2D eigenvalue weighted by molar-refractivity contribution is 5.92. The van der Waals surface area contributed by atoms with Crippen LogP contribution in [-0.2, 0) is 11.8 Å². The average molecular weight is 424 g/mol. The van der Waals surface area contributed by atoms with Crippen molar-refractivity contribution in [3.05, 3.63) is 48.5 Å². The third-order valence-electron chi connectivity index (χ3n) is 7.30. The van der Waals surface area contributed by atoms with Crippen LogP contribution in [0.5, 0.6) is 0 Å². The van der Waals surface area contributed by atoms with E-state index in [0.29, 0.717) is 11.7 Å². The number of piperidine rings is 1. The lowest BCUT2D eigenvalue weighted by atomic mass is 9.81. The second-order valence-corrected chi connectivity index (χ2v) is 9.25. The van der Waals surface area contributed by atoms with E-state index in [4.69, 9.17) is 4.74 Å². The summed E-state index contributed by atoms with van der Waals surface area (Å²) in [5.41, 5.74) is 1.80. The number of hydrogen-bond acceptors (Lipinski definition) is 5. The summed E-state index contributed by atoms with van der Waals surface area (Å²) in [6, 6.07) is 11.3. The van der Waals surface area contributed by atoms with Crippen LogP contribution in [0.4, 0.5) is 5.69 Å². The number of aryl methyl sites for hydroxylation is 1. The molecule has 0 N–H and O–H groups in total. The molecule has 5 rings (SSSR count). The second kappa shape index (κ2) is 8.63. The molecule has 0 saturated carbocycles. The Labute approximate surface area is 184 Å². The molecule has 3 fully saturated rings. The van der Waals surface area contributed by atoms with Crippen LogP contribution in [0.15, 0.2) is 42.9 Å². The number of hydrogen-bond donors (Lipinski definition) is 0. The van der Waals surface area contributed by atoms with Gasteiger partial charge in [0.15, 0.2) is 0 Å². The van der Waals surface area contributed by atoms with E-state index in [1.807, 2.05) is 16.5 Å². The Bertz CT molecular complexity index is 882. The normalized spacial score (nSPS) is 24.5. The molecule has 3 aliphatic rings. The van der Waals surface area contributed by atoms with E-state index in [-0.39, 0.29) is 11.5 Å². The molecule has 1 atom stereocenters. The van der Waals surface area contributed by atoms with Crippen molar-refractivity contribution in [2.45, 2.75) is 37.3 Å². The van der Waals surface area contributed by atoms with Gasteiger partial charge in [0.2, 0.25) is 0 Å². The number of aromatic nitrogens is 2. The quantitative estimate of drug-likeness (QED) is 0.759. The van der Waals surface area contributed by atoms with Crippen LogP contribution in [0.1, 0.15) is 36.2 Å². The number of carbonyl (C=O) groups excluding carboxylic acids is 1. The Morgan fingerprint density at radius 2 is 1.81 bits per heavy atom. The highest BCUT2D eigenvalue weighted by atomic mass is 16.5. The number of nitrogens with zero attached hydrogens (tertiary/aromatic N) is 5. The molecule has 0 aliphatic carbocycles. The summed E-state index contributed by atoms with van der Waals surface area (Å²) in [6.07, 6.45) is 7.53. The van der Waals surface area contributed by atoms with Crippen LogP contribution < -0.4 is 4.90 Å². The van der Waals surface area contributed by atoms with E-state index < -0.39 is 0 Å². The maximum atomic E-state index is 12.7.